The number of hydrogen-bond acceptors (Lipinski definition) is 1. The second-order valence-corrected chi connectivity index (χ2v) is 7.24. The highest BCUT2D eigenvalue weighted by atomic mass is 16.4. The Bertz CT molecular complexity index is 387. The van der Waals surface area contributed by atoms with Gasteiger partial charge in [0.25, 0.3) is 0 Å². The van der Waals surface area contributed by atoms with Crippen LogP contribution in [0.3, 0.4) is 0 Å². The monoisotopic (exact) mass is 262 g/mol. The molecule has 0 aromatic carbocycles. The van der Waals surface area contributed by atoms with E-state index in [1.807, 2.05) is 0 Å². The summed E-state index contributed by atoms with van der Waals surface area (Å²) >= 11 is 0. The Balaban J connectivity index is 1.56. The zero-order chi connectivity index (χ0) is 13.6. The van der Waals surface area contributed by atoms with Crippen molar-refractivity contribution < 1.29 is 9.90 Å². The van der Waals surface area contributed by atoms with Crippen LogP contribution in [0.4, 0.5) is 0 Å². The quantitative estimate of drug-likeness (QED) is 0.757. The number of carboxylic acids is 1. The van der Waals surface area contributed by atoms with Gasteiger partial charge in [-0.25, -0.2) is 4.79 Å². The van der Waals surface area contributed by atoms with Crippen LogP contribution in [0.25, 0.3) is 0 Å². The Morgan fingerprint density at radius 1 is 1.26 bits per heavy atom. The molecule has 3 aliphatic carbocycles. The molecular weight excluding hydrogens is 236 g/mol. The molecule has 106 valence electrons. The molecule has 3 aliphatic rings. The number of carboxylic acid groups (broad SMARTS) is 1. The largest absolute Gasteiger partial charge is 0.478 e. The zero-order valence-electron chi connectivity index (χ0n) is 12.0. The van der Waals surface area contributed by atoms with Crippen LogP contribution in [-0.4, -0.2) is 11.1 Å². The van der Waals surface area contributed by atoms with Crippen molar-refractivity contribution in [2.45, 2.75) is 51.9 Å². The average molecular weight is 262 g/mol. The summed E-state index contributed by atoms with van der Waals surface area (Å²) in [5, 5.41) is 8.89. The second-order valence-electron chi connectivity index (χ2n) is 7.24. The Morgan fingerprint density at radius 2 is 2.00 bits per heavy atom. The summed E-state index contributed by atoms with van der Waals surface area (Å²) in [7, 11) is 0. The lowest BCUT2D eigenvalue weighted by molar-refractivity contribution is -0.132. The minimum atomic E-state index is -0.823. The molecule has 2 nitrogen and oxygen atoms in total. The molecule has 0 amide bonds. The molecule has 3 rings (SSSR count). The second kappa shape index (κ2) is 4.96. The molecule has 0 aromatic heterocycles. The van der Waals surface area contributed by atoms with Crippen molar-refractivity contribution in [2.75, 3.05) is 0 Å². The maximum Gasteiger partial charge on any atom is 0.330 e. The van der Waals surface area contributed by atoms with E-state index in [1.54, 1.807) is 0 Å². The lowest BCUT2D eigenvalue weighted by Crippen LogP contribution is -2.28. The molecule has 0 aromatic rings. The fourth-order valence-corrected chi connectivity index (χ4v) is 5.50. The molecule has 0 saturated heterocycles. The number of rotatable bonds is 5. The summed E-state index contributed by atoms with van der Waals surface area (Å²) in [6, 6.07) is 0. The molecule has 6 unspecified atom stereocenters. The van der Waals surface area contributed by atoms with Crippen molar-refractivity contribution in [3.05, 3.63) is 12.2 Å². The third-order valence-electron chi connectivity index (χ3n) is 6.41. The van der Waals surface area contributed by atoms with Gasteiger partial charge in [-0.15, -0.1) is 0 Å². The molecular formula is C17H26O2. The van der Waals surface area contributed by atoms with Crippen molar-refractivity contribution in [3.63, 3.8) is 0 Å². The van der Waals surface area contributed by atoms with E-state index in [2.05, 4.69) is 13.5 Å². The average Bonchev–Trinajstić information content (AvgIpc) is 3.05. The molecule has 0 heterocycles. The zero-order valence-corrected chi connectivity index (χ0v) is 12.0. The van der Waals surface area contributed by atoms with Crippen molar-refractivity contribution in [3.8, 4) is 0 Å². The minimum absolute atomic E-state index is 0.383. The predicted molar refractivity (Wildman–Crippen MR) is 75.7 cm³/mol. The SMILES string of the molecule is C=C(CCC(C)C1CC2CC1C1CCCC21)C(=O)O. The summed E-state index contributed by atoms with van der Waals surface area (Å²) in [5.74, 6) is 4.77. The Labute approximate surface area is 116 Å². The number of carbonyl (C=O) groups is 1. The summed E-state index contributed by atoms with van der Waals surface area (Å²) in [6.45, 7) is 5.99. The summed E-state index contributed by atoms with van der Waals surface area (Å²) in [6.07, 6.45) is 8.99. The van der Waals surface area contributed by atoms with Gasteiger partial charge in [0.05, 0.1) is 0 Å². The van der Waals surface area contributed by atoms with Crippen molar-refractivity contribution in [1.29, 1.82) is 0 Å². The fraction of sp³-hybridized carbons (Fsp3) is 0.824. The molecule has 0 spiro atoms. The van der Waals surface area contributed by atoms with Gasteiger partial charge < -0.3 is 5.11 Å². The third kappa shape index (κ3) is 2.23. The normalized spacial score (nSPS) is 41.2. The maximum atomic E-state index is 10.8. The molecule has 2 bridgehead atoms. The third-order valence-corrected chi connectivity index (χ3v) is 6.41. The van der Waals surface area contributed by atoms with E-state index in [0.29, 0.717) is 17.9 Å². The number of aliphatic carboxylic acids is 1. The van der Waals surface area contributed by atoms with Crippen molar-refractivity contribution >= 4 is 5.97 Å². The molecule has 3 fully saturated rings. The van der Waals surface area contributed by atoms with Gasteiger partial charge in [-0.1, -0.05) is 19.9 Å². The van der Waals surface area contributed by atoms with Gasteiger partial charge in [-0.2, -0.15) is 0 Å². The van der Waals surface area contributed by atoms with E-state index in [0.717, 1.165) is 36.0 Å². The maximum absolute atomic E-state index is 10.8. The first-order valence-electron chi connectivity index (χ1n) is 7.99. The van der Waals surface area contributed by atoms with Crippen LogP contribution < -0.4 is 0 Å². The molecule has 19 heavy (non-hydrogen) atoms. The van der Waals surface area contributed by atoms with Crippen LogP contribution in [0.1, 0.15) is 51.9 Å². The van der Waals surface area contributed by atoms with Gasteiger partial charge in [-0.05, 0) is 74.0 Å². The fourth-order valence-electron chi connectivity index (χ4n) is 5.50. The molecule has 2 heteroatoms. The highest BCUT2D eigenvalue weighted by molar-refractivity contribution is 5.85. The molecule has 0 aliphatic heterocycles. The summed E-state index contributed by atoms with van der Waals surface area (Å²) in [5.41, 5.74) is 0.383. The van der Waals surface area contributed by atoms with Crippen LogP contribution in [0.2, 0.25) is 0 Å². The highest BCUT2D eigenvalue weighted by Crippen LogP contribution is 2.62. The molecule has 0 radical (unpaired) electrons. The lowest BCUT2D eigenvalue weighted by Gasteiger charge is -2.35. The van der Waals surface area contributed by atoms with Crippen LogP contribution >= 0.6 is 0 Å². The van der Waals surface area contributed by atoms with Gasteiger partial charge in [0.2, 0.25) is 0 Å². The van der Waals surface area contributed by atoms with E-state index in [9.17, 15) is 4.79 Å². The Morgan fingerprint density at radius 3 is 2.74 bits per heavy atom. The van der Waals surface area contributed by atoms with E-state index in [4.69, 9.17) is 5.11 Å². The summed E-state index contributed by atoms with van der Waals surface area (Å²) in [4.78, 5) is 10.8. The van der Waals surface area contributed by atoms with Gasteiger partial charge in [0, 0.05) is 5.57 Å². The van der Waals surface area contributed by atoms with E-state index < -0.39 is 5.97 Å². The van der Waals surface area contributed by atoms with Crippen LogP contribution in [-0.2, 0) is 4.79 Å². The van der Waals surface area contributed by atoms with Gasteiger partial charge in [0.1, 0.15) is 0 Å². The van der Waals surface area contributed by atoms with Crippen molar-refractivity contribution in [1.82, 2.24) is 0 Å². The lowest BCUT2D eigenvalue weighted by atomic mass is 9.70. The number of fused-ring (bicyclic) bond motifs is 5. The summed E-state index contributed by atoms with van der Waals surface area (Å²) < 4.78 is 0. The van der Waals surface area contributed by atoms with Gasteiger partial charge in [-0.3, -0.25) is 0 Å². The van der Waals surface area contributed by atoms with Crippen LogP contribution in [0, 0.1) is 35.5 Å². The molecule has 6 atom stereocenters. The van der Waals surface area contributed by atoms with E-state index in [1.165, 1.54) is 32.1 Å². The smallest absolute Gasteiger partial charge is 0.330 e. The minimum Gasteiger partial charge on any atom is -0.478 e. The van der Waals surface area contributed by atoms with Crippen molar-refractivity contribution in [2.24, 2.45) is 35.5 Å². The predicted octanol–water partition coefficient (Wildman–Crippen LogP) is 4.12. The first-order chi connectivity index (χ1) is 9.08. The van der Waals surface area contributed by atoms with Gasteiger partial charge >= 0.3 is 5.97 Å². The Kier molecular flexibility index (Phi) is 3.44. The molecule has 3 saturated carbocycles. The topological polar surface area (TPSA) is 37.3 Å². The Hall–Kier alpha value is -0.790. The van der Waals surface area contributed by atoms with Crippen LogP contribution in [0.5, 0.6) is 0 Å². The standard InChI is InChI=1S/C17H26O2/c1-10(6-7-11(2)17(18)19)15-8-12-9-16(15)14-5-3-4-13(12)14/h10,12-16H,2-9H2,1H3,(H,18,19). The molecule has 1 N–H and O–H groups in total. The number of hydrogen-bond donors (Lipinski definition) is 1. The van der Waals surface area contributed by atoms with Gasteiger partial charge in [0.15, 0.2) is 0 Å². The highest BCUT2D eigenvalue weighted by Gasteiger charge is 2.54. The van der Waals surface area contributed by atoms with Crippen LogP contribution in [0.15, 0.2) is 12.2 Å². The first kappa shape index (κ1) is 13.2. The van der Waals surface area contributed by atoms with E-state index >= 15 is 0 Å². The van der Waals surface area contributed by atoms with E-state index in [-0.39, 0.29) is 0 Å². The first-order valence-corrected chi connectivity index (χ1v) is 7.99.